The van der Waals surface area contributed by atoms with E-state index in [1.54, 1.807) is 42.5 Å². The van der Waals surface area contributed by atoms with E-state index in [4.69, 9.17) is 23.2 Å². The molecule has 0 aliphatic carbocycles. The molecule has 2 aromatic carbocycles. The van der Waals surface area contributed by atoms with Gasteiger partial charge in [-0.15, -0.1) is 0 Å². The van der Waals surface area contributed by atoms with Crippen LogP contribution in [0, 0.1) is 12.8 Å². The summed E-state index contributed by atoms with van der Waals surface area (Å²) >= 11 is 12.3. The number of carbonyl (C=O) groups is 2. The van der Waals surface area contributed by atoms with Gasteiger partial charge < -0.3 is 4.90 Å². The van der Waals surface area contributed by atoms with E-state index in [9.17, 15) is 9.59 Å². The van der Waals surface area contributed by atoms with Crippen LogP contribution < -0.4 is 4.90 Å². The van der Waals surface area contributed by atoms with Gasteiger partial charge in [-0.05, 0) is 61.1 Å². The molecule has 0 aromatic heterocycles. The van der Waals surface area contributed by atoms with Crippen LogP contribution >= 0.6 is 23.2 Å². The summed E-state index contributed by atoms with van der Waals surface area (Å²) in [4.78, 5) is 30.4. The summed E-state index contributed by atoms with van der Waals surface area (Å²) in [6, 6.07) is 12.3. The number of amides is 2. The Balaban J connectivity index is 1.83. The number of nitrogens with zero attached hydrogens (tertiary/aromatic N) is 2. The van der Waals surface area contributed by atoms with Gasteiger partial charge in [-0.25, -0.2) is 4.90 Å². The van der Waals surface area contributed by atoms with Gasteiger partial charge in [-0.2, -0.15) is 0 Å². The fourth-order valence-corrected chi connectivity index (χ4v) is 4.27. The molecule has 29 heavy (non-hydrogen) atoms. The maximum atomic E-state index is 13.5. The molecule has 2 aliphatic rings. The monoisotopic (exact) mass is 428 g/mol. The molecule has 0 saturated carbocycles. The van der Waals surface area contributed by atoms with Crippen molar-refractivity contribution in [3.8, 4) is 0 Å². The molecule has 0 spiro atoms. The van der Waals surface area contributed by atoms with Crippen molar-refractivity contribution in [2.45, 2.75) is 26.7 Å². The van der Waals surface area contributed by atoms with Gasteiger partial charge in [0, 0.05) is 23.1 Å². The normalized spacial score (nSPS) is 18.2. The molecule has 2 aliphatic heterocycles. The molecule has 0 bridgehead atoms. The van der Waals surface area contributed by atoms with Crippen LogP contribution in [0.1, 0.15) is 30.9 Å². The van der Waals surface area contributed by atoms with Gasteiger partial charge in [0.2, 0.25) is 0 Å². The number of hydrogen-bond donors (Lipinski definition) is 0. The Morgan fingerprint density at radius 3 is 2.24 bits per heavy atom. The van der Waals surface area contributed by atoms with Crippen molar-refractivity contribution >= 4 is 46.3 Å². The van der Waals surface area contributed by atoms with Gasteiger partial charge in [-0.3, -0.25) is 9.59 Å². The predicted octanol–water partition coefficient (Wildman–Crippen LogP) is 5.32. The first-order valence-electron chi connectivity index (χ1n) is 9.77. The summed E-state index contributed by atoms with van der Waals surface area (Å²) in [7, 11) is 0. The number of halogens is 2. The summed E-state index contributed by atoms with van der Waals surface area (Å²) in [5, 5.41) is 1.11. The Bertz CT molecular complexity index is 1010. The van der Waals surface area contributed by atoms with E-state index in [1.165, 1.54) is 4.90 Å². The third kappa shape index (κ3) is 3.56. The highest BCUT2D eigenvalue weighted by molar-refractivity contribution is 6.46. The van der Waals surface area contributed by atoms with Crippen LogP contribution in [0.5, 0.6) is 0 Å². The first-order valence-corrected chi connectivity index (χ1v) is 10.5. The van der Waals surface area contributed by atoms with E-state index < -0.39 is 0 Å². The largest absolute Gasteiger partial charge is 0.366 e. The lowest BCUT2D eigenvalue weighted by Crippen LogP contribution is -2.38. The molecule has 1 saturated heterocycles. The SMILES string of the molecule is Cc1c(Cl)cccc1N1C(=O)C(c2ccc(Cl)cc2)=C(N2CCC(C)CC2)C1=O. The lowest BCUT2D eigenvalue weighted by Gasteiger charge is -2.32. The summed E-state index contributed by atoms with van der Waals surface area (Å²) in [5.74, 6) is 0.000460. The molecule has 4 nitrogen and oxygen atoms in total. The van der Waals surface area contributed by atoms with Crippen molar-refractivity contribution in [1.82, 2.24) is 4.90 Å². The molecule has 0 N–H and O–H groups in total. The van der Waals surface area contributed by atoms with Gasteiger partial charge in [0.1, 0.15) is 5.70 Å². The van der Waals surface area contributed by atoms with Crippen LogP contribution in [-0.2, 0) is 9.59 Å². The van der Waals surface area contributed by atoms with Crippen molar-refractivity contribution in [1.29, 1.82) is 0 Å². The van der Waals surface area contributed by atoms with Gasteiger partial charge >= 0.3 is 0 Å². The number of piperidine rings is 1. The number of rotatable bonds is 3. The van der Waals surface area contributed by atoms with Crippen LogP contribution in [-0.4, -0.2) is 29.8 Å². The number of likely N-dealkylation sites (tertiary alicyclic amines) is 1. The average molecular weight is 429 g/mol. The number of hydrogen-bond acceptors (Lipinski definition) is 3. The maximum absolute atomic E-state index is 13.5. The maximum Gasteiger partial charge on any atom is 0.282 e. The molecule has 2 aromatic rings. The second kappa shape index (κ2) is 7.85. The van der Waals surface area contributed by atoms with Crippen molar-refractivity contribution in [2.24, 2.45) is 5.92 Å². The van der Waals surface area contributed by atoms with Gasteiger partial charge in [0.15, 0.2) is 0 Å². The zero-order chi connectivity index (χ0) is 20.7. The molecule has 0 atom stereocenters. The molecular formula is C23H22Cl2N2O2. The van der Waals surface area contributed by atoms with Crippen LogP contribution in [0.2, 0.25) is 10.0 Å². The highest BCUT2D eigenvalue weighted by Gasteiger charge is 2.43. The Morgan fingerprint density at radius 2 is 1.59 bits per heavy atom. The minimum absolute atomic E-state index is 0.292. The Hall–Kier alpha value is -2.30. The lowest BCUT2D eigenvalue weighted by atomic mass is 9.97. The molecule has 0 unspecified atom stereocenters. The van der Waals surface area contributed by atoms with Crippen LogP contribution in [0.4, 0.5) is 5.69 Å². The molecular weight excluding hydrogens is 407 g/mol. The summed E-state index contributed by atoms with van der Waals surface area (Å²) in [5.41, 5.74) is 2.84. The van der Waals surface area contributed by atoms with Crippen molar-refractivity contribution < 1.29 is 9.59 Å². The average Bonchev–Trinajstić information content (AvgIpc) is 2.96. The smallest absolute Gasteiger partial charge is 0.282 e. The second-order valence-corrected chi connectivity index (χ2v) is 8.57. The number of carbonyl (C=O) groups excluding carboxylic acids is 2. The topological polar surface area (TPSA) is 40.6 Å². The number of anilines is 1. The first kappa shape index (κ1) is 20.0. The molecule has 2 amide bonds. The van der Waals surface area contributed by atoms with Crippen molar-refractivity contribution in [3.63, 3.8) is 0 Å². The quantitative estimate of drug-likeness (QED) is 0.621. The first-order chi connectivity index (χ1) is 13.9. The van der Waals surface area contributed by atoms with Crippen LogP contribution in [0.25, 0.3) is 5.57 Å². The molecule has 0 radical (unpaired) electrons. The molecule has 4 rings (SSSR count). The Labute approximate surface area is 180 Å². The zero-order valence-electron chi connectivity index (χ0n) is 16.4. The van der Waals surface area contributed by atoms with E-state index in [0.29, 0.717) is 44.0 Å². The van der Waals surface area contributed by atoms with E-state index in [1.807, 2.05) is 6.92 Å². The van der Waals surface area contributed by atoms with Gasteiger partial charge in [-0.1, -0.05) is 48.3 Å². The summed E-state index contributed by atoms with van der Waals surface area (Å²) in [6.45, 7) is 5.56. The van der Waals surface area contributed by atoms with E-state index in [-0.39, 0.29) is 11.8 Å². The van der Waals surface area contributed by atoms with Crippen molar-refractivity contribution in [2.75, 3.05) is 18.0 Å². The Morgan fingerprint density at radius 1 is 0.931 bits per heavy atom. The summed E-state index contributed by atoms with van der Waals surface area (Å²) in [6.07, 6.45) is 1.99. The minimum Gasteiger partial charge on any atom is -0.366 e. The van der Waals surface area contributed by atoms with E-state index in [0.717, 1.165) is 25.9 Å². The predicted molar refractivity (Wildman–Crippen MR) is 117 cm³/mol. The lowest BCUT2D eigenvalue weighted by molar-refractivity contribution is -0.120. The molecule has 2 heterocycles. The van der Waals surface area contributed by atoms with Crippen molar-refractivity contribution in [3.05, 3.63) is 69.3 Å². The Kier molecular flexibility index (Phi) is 5.41. The fourth-order valence-electron chi connectivity index (χ4n) is 3.98. The van der Waals surface area contributed by atoms with Crippen LogP contribution in [0.3, 0.4) is 0 Å². The minimum atomic E-state index is -0.323. The molecule has 150 valence electrons. The number of imide groups is 1. The zero-order valence-corrected chi connectivity index (χ0v) is 17.9. The van der Waals surface area contributed by atoms with Gasteiger partial charge in [0.25, 0.3) is 11.8 Å². The van der Waals surface area contributed by atoms with Gasteiger partial charge in [0.05, 0.1) is 11.3 Å². The molecule has 1 fully saturated rings. The van der Waals surface area contributed by atoms with Crippen LogP contribution in [0.15, 0.2) is 48.2 Å². The molecule has 6 heteroatoms. The highest BCUT2D eigenvalue weighted by atomic mass is 35.5. The second-order valence-electron chi connectivity index (χ2n) is 7.73. The third-order valence-electron chi connectivity index (χ3n) is 5.77. The highest BCUT2D eigenvalue weighted by Crippen LogP contribution is 2.38. The third-order valence-corrected chi connectivity index (χ3v) is 6.43. The standard InChI is InChI=1S/C23H22Cl2N2O2/c1-14-10-12-26(13-11-14)21-20(16-6-8-17(24)9-7-16)22(28)27(23(21)29)19-5-3-4-18(25)15(19)2/h3-9,14H,10-13H2,1-2H3. The fraction of sp³-hybridized carbons (Fsp3) is 0.304. The van der Waals surface area contributed by atoms with E-state index >= 15 is 0 Å². The number of benzene rings is 2. The summed E-state index contributed by atoms with van der Waals surface area (Å²) < 4.78 is 0. The van der Waals surface area contributed by atoms with E-state index in [2.05, 4.69) is 11.8 Å².